The second kappa shape index (κ2) is 7.74. The first-order valence-electron chi connectivity index (χ1n) is 8.78. The lowest BCUT2D eigenvalue weighted by atomic mass is 9.97. The van der Waals surface area contributed by atoms with E-state index in [1.54, 1.807) is 18.2 Å². The van der Waals surface area contributed by atoms with Gasteiger partial charge in [-0.1, -0.05) is 18.2 Å². The van der Waals surface area contributed by atoms with Crippen molar-refractivity contribution >= 4 is 22.9 Å². The number of nitro benzene ring substituents is 1. The summed E-state index contributed by atoms with van der Waals surface area (Å²) < 4.78 is 10.5. The molecule has 10 heteroatoms. The van der Waals surface area contributed by atoms with Crippen LogP contribution >= 0.6 is 11.3 Å². The molecule has 150 valence electrons. The van der Waals surface area contributed by atoms with Crippen LogP contribution in [0, 0.1) is 10.1 Å². The second-order valence-corrected chi connectivity index (χ2v) is 7.36. The molecule has 1 aliphatic heterocycles. The van der Waals surface area contributed by atoms with Crippen LogP contribution in [0.2, 0.25) is 0 Å². The van der Waals surface area contributed by atoms with Gasteiger partial charge >= 0.3 is 0 Å². The quantitative estimate of drug-likeness (QED) is 0.361. The molecular formula is C19H18N4O5S. The van der Waals surface area contributed by atoms with Gasteiger partial charge in [0.25, 0.3) is 11.6 Å². The molecule has 1 aromatic carbocycles. The van der Waals surface area contributed by atoms with Crippen LogP contribution in [0.4, 0.5) is 5.69 Å². The molecule has 1 atom stereocenters. The summed E-state index contributed by atoms with van der Waals surface area (Å²) in [5.74, 6) is -0.332. The van der Waals surface area contributed by atoms with Gasteiger partial charge in [-0.25, -0.2) is 0 Å². The van der Waals surface area contributed by atoms with E-state index in [9.17, 15) is 14.9 Å². The van der Waals surface area contributed by atoms with Gasteiger partial charge in [0.2, 0.25) is 0 Å². The molecule has 0 radical (unpaired) electrons. The van der Waals surface area contributed by atoms with E-state index >= 15 is 0 Å². The number of nitro groups is 1. The summed E-state index contributed by atoms with van der Waals surface area (Å²) in [4.78, 5) is 26.8. The van der Waals surface area contributed by atoms with Gasteiger partial charge in [-0.15, -0.1) is 11.3 Å². The zero-order valence-electron chi connectivity index (χ0n) is 15.7. The Hall–Kier alpha value is -3.08. The molecule has 1 N–H and O–H groups in total. The molecule has 0 fully saturated rings. The van der Waals surface area contributed by atoms with Crippen molar-refractivity contribution in [1.82, 2.24) is 15.1 Å². The van der Waals surface area contributed by atoms with Gasteiger partial charge < -0.3 is 14.4 Å². The number of nitrogens with one attached hydrogen (secondary N) is 1. The van der Waals surface area contributed by atoms with E-state index in [0.717, 1.165) is 4.88 Å². The van der Waals surface area contributed by atoms with Crippen LogP contribution < -0.4 is 0 Å². The van der Waals surface area contributed by atoms with E-state index in [2.05, 4.69) is 10.2 Å². The predicted molar refractivity (Wildman–Crippen MR) is 106 cm³/mol. The fourth-order valence-corrected chi connectivity index (χ4v) is 4.33. The minimum Gasteiger partial charge on any atom is -0.354 e. The van der Waals surface area contributed by atoms with Gasteiger partial charge in [0.1, 0.15) is 0 Å². The Balaban J connectivity index is 1.90. The van der Waals surface area contributed by atoms with Crippen molar-refractivity contribution in [1.29, 1.82) is 0 Å². The summed E-state index contributed by atoms with van der Waals surface area (Å²) in [5.41, 5.74) is 1.91. The zero-order valence-corrected chi connectivity index (χ0v) is 16.5. The summed E-state index contributed by atoms with van der Waals surface area (Å²) >= 11 is 1.50. The highest BCUT2D eigenvalue weighted by Gasteiger charge is 2.45. The number of H-pyrrole nitrogens is 1. The summed E-state index contributed by atoms with van der Waals surface area (Å²) in [6.45, 7) is 0.1000. The third kappa shape index (κ3) is 3.20. The number of ether oxygens (including phenoxy) is 2. The second-order valence-electron chi connectivity index (χ2n) is 6.42. The van der Waals surface area contributed by atoms with Gasteiger partial charge in [-0.3, -0.25) is 20.0 Å². The maximum absolute atomic E-state index is 13.2. The summed E-state index contributed by atoms with van der Waals surface area (Å²) in [6, 6.07) is 9.54. The number of carbonyl (C=O) groups excluding carboxylic acids is 1. The Bertz CT molecular complexity index is 1040. The van der Waals surface area contributed by atoms with Crippen LogP contribution in [0.15, 0.2) is 41.8 Å². The van der Waals surface area contributed by atoms with Crippen molar-refractivity contribution in [3.63, 3.8) is 0 Å². The molecular weight excluding hydrogens is 396 g/mol. The molecule has 1 amide bonds. The molecule has 2 aromatic heterocycles. The van der Waals surface area contributed by atoms with Crippen LogP contribution in [-0.4, -0.2) is 53.0 Å². The third-order valence-electron chi connectivity index (χ3n) is 4.92. The molecule has 0 bridgehead atoms. The SMILES string of the molecule is COC(CN1C(=O)c2n[nH]c(-c3cccs3)c2C1c1ccccc1[N+](=O)[O-])OC. The standard InChI is InChI=1S/C19H18N4O5S/c1-27-14(28-2)10-22-18(11-6-3-4-7-12(11)23(25)26)15-16(13-8-5-9-29-13)20-21-17(15)19(22)24/h3-9,14,18H,10H2,1-2H3,(H,20,21). The monoisotopic (exact) mass is 414 g/mol. The molecule has 3 heterocycles. The molecule has 0 saturated heterocycles. The molecule has 0 aliphatic carbocycles. The summed E-state index contributed by atoms with van der Waals surface area (Å²) in [5, 5.41) is 20.8. The number of benzene rings is 1. The van der Waals surface area contributed by atoms with E-state index in [1.165, 1.54) is 36.5 Å². The number of methoxy groups -OCH3 is 2. The van der Waals surface area contributed by atoms with Crippen LogP contribution in [0.25, 0.3) is 10.6 Å². The third-order valence-corrected chi connectivity index (χ3v) is 5.81. The Kier molecular flexibility index (Phi) is 5.14. The number of aromatic amines is 1. The van der Waals surface area contributed by atoms with E-state index < -0.39 is 17.3 Å². The van der Waals surface area contributed by atoms with Gasteiger partial charge in [0.05, 0.1) is 33.6 Å². The van der Waals surface area contributed by atoms with Gasteiger partial charge in [0.15, 0.2) is 12.0 Å². The minimum absolute atomic E-state index is 0.0622. The number of para-hydroxylation sites is 1. The number of hydrogen-bond acceptors (Lipinski definition) is 7. The number of thiophene rings is 1. The zero-order chi connectivity index (χ0) is 20.5. The molecule has 3 aromatic rings. The number of fused-ring (bicyclic) bond motifs is 1. The summed E-state index contributed by atoms with van der Waals surface area (Å²) in [6.07, 6.45) is -0.678. The Morgan fingerprint density at radius 1 is 1.28 bits per heavy atom. The Morgan fingerprint density at radius 3 is 2.69 bits per heavy atom. The average molecular weight is 414 g/mol. The minimum atomic E-state index is -0.692. The first-order chi connectivity index (χ1) is 14.1. The van der Waals surface area contributed by atoms with Crippen molar-refractivity contribution in [3.8, 4) is 10.6 Å². The van der Waals surface area contributed by atoms with E-state index in [1.807, 2.05) is 17.5 Å². The Morgan fingerprint density at radius 2 is 2.03 bits per heavy atom. The smallest absolute Gasteiger partial charge is 0.275 e. The molecule has 0 spiro atoms. The molecule has 1 unspecified atom stereocenters. The predicted octanol–water partition coefficient (Wildman–Crippen LogP) is 3.21. The topological polar surface area (TPSA) is 111 Å². The lowest BCUT2D eigenvalue weighted by Crippen LogP contribution is -2.38. The number of amides is 1. The van der Waals surface area contributed by atoms with Gasteiger partial charge in [-0.05, 0) is 17.5 Å². The maximum Gasteiger partial charge on any atom is 0.275 e. The van der Waals surface area contributed by atoms with E-state index in [4.69, 9.17) is 9.47 Å². The number of carbonyl (C=O) groups is 1. The van der Waals surface area contributed by atoms with Crippen LogP contribution in [0.3, 0.4) is 0 Å². The van der Waals surface area contributed by atoms with Crippen molar-refractivity contribution in [2.24, 2.45) is 0 Å². The highest BCUT2D eigenvalue weighted by Crippen LogP contribution is 2.45. The number of aromatic nitrogens is 2. The van der Waals surface area contributed by atoms with Crippen molar-refractivity contribution in [3.05, 3.63) is 68.7 Å². The molecule has 0 saturated carbocycles. The molecule has 1 aliphatic rings. The first-order valence-corrected chi connectivity index (χ1v) is 9.66. The number of nitrogens with zero attached hydrogens (tertiary/aromatic N) is 3. The largest absolute Gasteiger partial charge is 0.354 e. The normalized spacial score (nSPS) is 15.9. The fourth-order valence-electron chi connectivity index (χ4n) is 3.60. The Labute approximate surface area is 170 Å². The first kappa shape index (κ1) is 19.2. The lowest BCUT2D eigenvalue weighted by molar-refractivity contribution is -0.385. The van der Waals surface area contributed by atoms with E-state index in [0.29, 0.717) is 16.8 Å². The average Bonchev–Trinajstić information content (AvgIpc) is 3.44. The van der Waals surface area contributed by atoms with Crippen LogP contribution in [-0.2, 0) is 9.47 Å². The van der Waals surface area contributed by atoms with Crippen molar-refractivity contribution < 1.29 is 19.2 Å². The molecule has 9 nitrogen and oxygen atoms in total. The lowest BCUT2D eigenvalue weighted by Gasteiger charge is -2.28. The number of rotatable bonds is 7. The molecule has 4 rings (SSSR count). The van der Waals surface area contributed by atoms with Crippen LogP contribution in [0.5, 0.6) is 0 Å². The van der Waals surface area contributed by atoms with E-state index in [-0.39, 0.29) is 23.8 Å². The highest BCUT2D eigenvalue weighted by molar-refractivity contribution is 7.13. The van der Waals surface area contributed by atoms with Gasteiger partial charge in [-0.2, -0.15) is 5.10 Å². The fraction of sp³-hybridized carbons (Fsp3) is 0.263. The van der Waals surface area contributed by atoms with Crippen LogP contribution in [0.1, 0.15) is 27.7 Å². The summed E-state index contributed by atoms with van der Waals surface area (Å²) in [7, 11) is 2.95. The highest BCUT2D eigenvalue weighted by atomic mass is 32.1. The van der Waals surface area contributed by atoms with Crippen molar-refractivity contribution in [2.75, 3.05) is 20.8 Å². The van der Waals surface area contributed by atoms with Gasteiger partial charge in [0, 0.05) is 25.8 Å². The maximum atomic E-state index is 13.2. The molecule has 29 heavy (non-hydrogen) atoms. The number of hydrogen-bond donors (Lipinski definition) is 1. The van der Waals surface area contributed by atoms with Crippen molar-refractivity contribution in [2.45, 2.75) is 12.3 Å².